The predicted octanol–water partition coefficient (Wildman–Crippen LogP) is 2.43. The first-order valence-electron chi connectivity index (χ1n) is 9.24. The summed E-state index contributed by atoms with van der Waals surface area (Å²) in [6.45, 7) is 1.86. The number of primary amides is 1. The summed E-state index contributed by atoms with van der Waals surface area (Å²) in [5.41, 5.74) is 13.0. The molecule has 1 aromatic carbocycles. The standard InChI is InChI=1S/C19H20N8O2S/c1-9-8-13(27-26-9)23-17-14(20)15(16(21)28)24-19(25-17)30-12-6-4-11(5-7-12)22-18(29)10-2-3-10/h4-8,10H,2-3,20H2,1H3,(H2,21,28)(H,22,29)(H2,23,24,25,26,27). The minimum absolute atomic E-state index is 0.0469. The van der Waals surface area contributed by atoms with Gasteiger partial charge in [0.1, 0.15) is 5.69 Å². The van der Waals surface area contributed by atoms with Crippen LogP contribution in [0.4, 0.5) is 23.0 Å². The third-order valence-corrected chi connectivity index (χ3v) is 5.26. The Balaban J connectivity index is 1.55. The minimum Gasteiger partial charge on any atom is -0.394 e. The van der Waals surface area contributed by atoms with E-state index in [2.05, 4.69) is 30.8 Å². The van der Waals surface area contributed by atoms with Gasteiger partial charge in [0.15, 0.2) is 22.5 Å². The fourth-order valence-electron chi connectivity index (χ4n) is 2.68. The van der Waals surface area contributed by atoms with Gasteiger partial charge >= 0.3 is 0 Å². The number of anilines is 4. The van der Waals surface area contributed by atoms with Crippen LogP contribution in [0.1, 0.15) is 29.0 Å². The van der Waals surface area contributed by atoms with Crippen LogP contribution in [-0.2, 0) is 4.79 Å². The molecule has 30 heavy (non-hydrogen) atoms. The maximum atomic E-state index is 11.9. The van der Waals surface area contributed by atoms with Crippen molar-refractivity contribution in [3.05, 3.63) is 41.7 Å². The van der Waals surface area contributed by atoms with E-state index in [0.29, 0.717) is 11.0 Å². The van der Waals surface area contributed by atoms with Gasteiger partial charge in [-0.05, 0) is 55.8 Å². The molecule has 2 aromatic heterocycles. The third kappa shape index (κ3) is 4.51. The molecule has 4 rings (SSSR count). The maximum Gasteiger partial charge on any atom is 0.269 e. The van der Waals surface area contributed by atoms with Gasteiger partial charge in [0.05, 0.1) is 0 Å². The highest BCUT2D eigenvalue weighted by atomic mass is 32.2. The number of benzene rings is 1. The van der Waals surface area contributed by atoms with Crippen LogP contribution in [0.5, 0.6) is 0 Å². The number of aromatic amines is 1. The Morgan fingerprint density at radius 2 is 1.93 bits per heavy atom. The Morgan fingerprint density at radius 1 is 1.20 bits per heavy atom. The van der Waals surface area contributed by atoms with E-state index in [1.807, 2.05) is 19.1 Å². The van der Waals surface area contributed by atoms with Crippen molar-refractivity contribution in [2.45, 2.75) is 29.8 Å². The lowest BCUT2D eigenvalue weighted by Crippen LogP contribution is -2.18. The molecule has 1 fully saturated rings. The second-order valence-corrected chi connectivity index (χ2v) is 7.97. The number of carbonyl (C=O) groups excluding carboxylic acids is 2. The highest BCUT2D eigenvalue weighted by molar-refractivity contribution is 7.99. The number of amides is 2. The Bertz CT molecular complexity index is 1110. The molecule has 0 bridgehead atoms. The van der Waals surface area contributed by atoms with E-state index in [9.17, 15) is 9.59 Å². The molecule has 1 saturated carbocycles. The molecule has 7 N–H and O–H groups in total. The van der Waals surface area contributed by atoms with Crippen LogP contribution >= 0.6 is 11.8 Å². The fraction of sp³-hybridized carbons (Fsp3) is 0.211. The lowest BCUT2D eigenvalue weighted by molar-refractivity contribution is -0.117. The van der Waals surface area contributed by atoms with Crippen molar-refractivity contribution < 1.29 is 9.59 Å². The number of nitrogen functional groups attached to an aromatic ring is 1. The van der Waals surface area contributed by atoms with E-state index in [0.717, 1.165) is 29.1 Å². The van der Waals surface area contributed by atoms with Gasteiger partial charge in [0, 0.05) is 28.3 Å². The highest BCUT2D eigenvalue weighted by Gasteiger charge is 2.29. The molecule has 154 valence electrons. The van der Waals surface area contributed by atoms with E-state index in [1.54, 1.807) is 18.2 Å². The SMILES string of the molecule is Cc1cc(Nc2nc(Sc3ccc(NC(=O)C4CC4)cc3)nc(C(N)=O)c2N)n[nH]1. The zero-order valence-corrected chi connectivity index (χ0v) is 16.9. The Morgan fingerprint density at radius 3 is 2.53 bits per heavy atom. The van der Waals surface area contributed by atoms with E-state index < -0.39 is 5.91 Å². The Kier molecular flexibility index (Phi) is 5.27. The average molecular weight is 424 g/mol. The van der Waals surface area contributed by atoms with Crippen LogP contribution in [-0.4, -0.2) is 32.0 Å². The summed E-state index contributed by atoms with van der Waals surface area (Å²) >= 11 is 1.24. The van der Waals surface area contributed by atoms with E-state index in [4.69, 9.17) is 11.5 Å². The summed E-state index contributed by atoms with van der Waals surface area (Å²) in [6.07, 6.45) is 1.90. The second-order valence-electron chi connectivity index (χ2n) is 6.93. The van der Waals surface area contributed by atoms with Gasteiger partial charge in [0.2, 0.25) is 5.91 Å². The van der Waals surface area contributed by atoms with Gasteiger partial charge in [0.25, 0.3) is 5.91 Å². The molecule has 0 spiro atoms. The van der Waals surface area contributed by atoms with Crippen LogP contribution in [0, 0.1) is 12.8 Å². The Hall–Kier alpha value is -3.60. The molecule has 3 aromatic rings. The number of hydrogen-bond acceptors (Lipinski definition) is 8. The summed E-state index contributed by atoms with van der Waals surface area (Å²) in [7, 11) is 0. The molecule has 0 saturated heterocycles. The lowest BCUT2D eigenvalue weighted by Gasteiger charge is -2.11. The van der Waals surface area contributed by atoms with Crippen LogP contribution in [0.15, 0.2) is 40.4 Å². The minimum atomic E-state index is -0.754. The number of nitrogens with two attached hydrogens (primary N) is 2. The monoisotopic (exact) mass is 424 g/mol. The van der Waals surface area contributed by atoms with Crippen molar-refractivity contribution in [2.24, 2.45) is 11.7 Å². The van der Waals surface area contributed by atoms with Gasteiger partial charge in [-0.3, -0.25) is 14.7 Å². The maximum absolute atomic E-state index is 11.9. The van der Waals surface area contributed by atoms with E-state index >= 15 is 0 Å². The molecule has 1 aliphatic rings. The first-order valence-corrected chi connectivity index (χ1v) is 10.1. The number of rotatable bonds is 7. The van der Waals surface area contributed by atoms with Gasteiger partial charge in [-0.25, -0.2) is 9.97 Å². The van der Waals surface area contributed by atoms with Gasteiger partial charge in [-0.2, -0.15) is 5.10 Å². The smallest absolute Gasteiger partial charge is 0.269 e. The molecule has 10 nitrogen and oxygen atoms in total. The van der Waals surface area contributed by atoms with Crippen LogP contribution in [0.2, 0.25) is 0 Å². The number of nitrogens with one attached hydrogen (secondary N) is 3. The quantitative estimate of drug-likeness (QED) is 0.361. The molecule has 2 amide bonds. The van der Waals surface area contributed by atoms with Crippen molar-refractivity contribution >= 4 is 46.6 Å². The summed E-state index contributed by atoms with van der Waals surface area (Å²) in [5.74, 6) is 0.170. The zero-order valence-electron chi connectivity index (χ0n) is 16.1. The molecule has 0 aliphatic heterocycles. The van der Waals surface area contributed by atoms with Crippen LogP contribution in [0.3, 0.4) is 0 Å². The normalized spacial score (nSPS) is 13.1. The topological polar surface area (TPSA) is 165 Å². The van der Waals surface area contributed by atoms with Gasteiger partial charge in [-0.1, -0.05) is 0 Å². The number of carbonyl (C=O) groups is 2. The molecule has 0 atom stereocenters. The molecular formula is C19H20N8O2S. The van der Waals surface area contributed by atoms with Crippen LogP contribution in [0.25, 0.3) is 0 Å². The fourth-order valence-corrected chi connectivity index (χ4v) is 3.44. The average Bonchev–Trinajstić information content (AvgIpc) is 3.48. The lowest BCUT2D eigenvalue weighted by atomic mass is 10.3. The molecule has 0 unspecified atom stereocenters. The first kappa shape index (κ1) is 19.7. The third-order valence-electron chi connectivity index (χ3n) is 4.39. The van der Waals surface area contributed by atoms with Crippen molar-refractivity contribution in [1.29, 1.82) is 0 Å². The Labute approximate surface area is 176 Å². The molecule has 11 heteroatoms. The molecule has 2 heterocycles. The number of hydrogen-bond donors (Lipinski definition) is 5. The molecular weight excluding hydrogens is 404 g/mol. The van der Waals surface area contributed by atoms with Crippen molar-refractivity contribution in [3.8, 4) is 0 Å². The zero-order chi connectivity index (χ0) is 21.3. The van der Waals surface area contributed by atoms with Crippen molar-refractivity contribution in [1.82, 2.24) is 20.2 Å². The molecule has 0 radical (unpaired) electrons. The summed E-state index contributed by atoms with van der Waals surface area (Å²) in [4.78, 5) is 33.1. The summed E-state index contributed by atoms with van der Waals surface area (Å²) in [6, 6.07) is 9.05. The number of nitrogens with zero attached hydrogens (tertiary/aromatic N) is 3. The van der Waals surface area contributed by atoms with Gasteiger partial charge < -0.3 is 22.1 Å². The number of aromatic nitrogens is 4. The van der Waals surface area contributed by atoms with Gasteiger partial charge in [-0.15, -0.1) is 0 Å². The first-order chi connectivity index (χ1) is 14.4. The number of H-pyrrole nitrogens is 1. The number of aryl methyl sites for hydroxylation is 1. The van der Waals surface area contributed by atoms with E-state index in [1.165, 1.54) is 11.8 Å². The predicted molar refractivity (Wildman–Crippen MR) is 113 cm³/mol. The van der Waals surface area contributed by atoms with Crippen molar-refractivity contribution in [2.75, 3.05) is 16.4 Å². The van der Waals surface area contributed by atoms with E-state index in [-0.39, 0.29) is 29.0 Å². The second kappa shape index (κ2) is 8.03. The summed E-state index contributed by atoms with van der Waals surface area (Å²) < 4.78 is 0. The largest absolute Gasteiger partial charge is 0.394 e. The molecule has 1 aliphatic carbocycles. The van der Waals surface area contributed by atoms with Crippen molar-refractivity contribution in [3.63, 3.8) is 0 Å². The summed E-state index contributed by atoms with van der Waals surface area (Å²) in [5, 5.41) is 13.0. The highest BCUT2D eigenvalue weighted by Crippen LogP contribution is 2.32. The van der Waals surface area contributed by atoms with Crippen LogP contribution < -0.4 is 22.1 Å².